The first kappa shape index (κ1) is 21.7. The van der Waals surface area contributed by atoms with Crippen LogP contribution in [0.5, 0.6) is 0 Å². The molecule has 3 heterocycles. The maximum absolute atomic E-state index is 13.6. The number of hydrogen-bond donors (Lipinski definition) is 2. The van der Waals surface area contributed by atoms with Crippen LogP contribution < -0.4 is 5.56 Å². The highest BCUT2D eigenvalue weighted by molar-refractivity contribution is 6.30. The first-order chi connectivity index (χ1) is 15.9. The minimum atomic E-state index is -1.03. The minimum Gasteiger partial charge on any atom is -0.465 e. The Bertz CT molecular complexity index is 1290. The van der Waals surface area contributed by atoms with E-state index in [1.165, 1.54) is 4.90 Å². The summed E-state index contributed by atoms with van der Waals surface area (Å²) in [6.07, 6.45) is 1.25. The summed E-state index contributed by atoms with van der Waals surface area (Å²) < 4.78 is 1.79. The normalized spacial score (nSPS) is 19.3. The molecule has 5 rings (SSSR count). The molecule has 1 aromatic heterocycles. The predicted molar refractivity (Wildman–Crippen MR) is 128 cm³/mol. The fourth-order valence-electron chi connectivity index (χ4n) is 5.43. The van der Waals surface area contributed by atoms with Gasteiger partial charge in [-0.1, -0.05) is 48.0 Å². The van der Waals surface area contributed by atoms with Gasteiger partial charge in [0.2, 0.25) is 0 Å². The minimum absolute atomic E-state index is 0.0786. The zero-order valence-corrected chi connectivity index (χ0v) is 18.9. The van der Waals surface area contributed by atoms with Gasteiger partial charge in [-0.15, -0.1) is 0 Å². The molecule has 0 saturated carbocycles. The van der Waals surface area contributed by atoms with Gasteiger partial charge in [0, 0.05) is 35.7 Å². The van der Waals surface area contributed by atoms with Crippen LogP contribution in [0, 0.1) is 0 Å². The summed E-state index contributed by atoms with van der Waals surface area (Å²) in [5, 5.41) is 20.8. The van der Waals surface area contributed by atoms with Crippen LogP contribution in [0.4, 0.5) is 4.79 Å². The Labute approximate surface area is 196 Å². The van der Waals surface area contributed by atoms with E-state index >= 15 is 0 Å². The molecule has 1 atom stereocenters. The van der Waals surface area contributed by atoms with Gasteiger partial charge in [-0.2, -0.15) is 0 Å². The van der Waals surface area contributed by atoms with E-state index in [-0.39, 0.29) is 12.2 Å². The Balaban J connectivity index is 1.76. The number of aryl methyl sites for hydroxylation is 1. The summed E-state index contributed by atoms with van der Waals surface area (Å²) in [5.74, 6) is 0. The molecule has 170 valence electrons. The predicted octanol–water partition coefficient (Wildman–Crippen LogP) is 4.44. The molecule has 1 amide bonds. The number of nitrogens with zero attached hydrogens (tertiary/aromatic N) is 2. The molecule has 0 bridgehead atoms. The van der Waals surface area contributed by atoms with Crippen LogP contribution in [0.2, 0.25) is 5.02 Å². The number of likely N-dealkylation sites (tertiary alicyclic amines) is 1. The number of fused-ring (bicyclic) bond motifs is 3. The van der Waals surface area contributed by atoms with E-state index in [1.807, 2.05) is 54.6 Å². The summed E-state index contributed by atoms with van der Waals surface area (Å²) in [4.78, 5) is 26.9. The van der Waals surface area contributed by atoms with Gasteiger partial charge in [0.25, 0.3) is 5.56 Å². The molecular weight excluding hydrogens is 440 g/mol. The monoisotopic (exact) mass is 464 g/mol. The van der Waals surface area contributed by atoms with Gasteiger partial charge >= 0.3 is 6.09 Å². The van der Waals surface area contributed by atoms with Crippen LogP contribution in [0.3, 0.4) is 0 Å². The van der Waals surface area contributed by atoms with E-state index in [2.05, 4.69) is 0 Å². The van der Waals surface area contributed by atoms with Crippen molar-refractivity contribution in [1.82, 2.24) is 9.47 Å². The van der Waals surface area contributed by atoms with Crippen molar-refractivity contribution < 1.29 is 15.0 Å². The molecule has 3 aromatic rings. The maximum Gasteiger partial charge on any atom is 0.407 e. The number of amides is 1. The lowest BCUT2D eigenvalue weighted by atomic mass is 9.84. The molecule has 2 aliphatic rings. The smallest absolute Gasteiger partial charge is 0.407 e. The zero-order chi connectivity index (χ0) is 23.2. The van der Waals surface area contributed by atoms with Crippen molar-refractivity contribution in [3.05, 3.63) is 81.1 Å². The molecule has 2 aromatic carbocycles. The van der Waals surface area contributed by atoms with E-state index < -0.39 is 11.6 Å². The van der Waals surface area contributed by atoms with Crippen molar-refractivity contribution in [2.24, 2.45) is 0 Å². The number of halogens is 1. The molecule has 33 heavy (non-hydrogen) atoms. The van der Waals surface area contributed by atoms with Crippen LogP contribution in [0.1, 0.15) is 24.0 Å². The Morgan fingerprint density at radius 2 is 1.85 bits per heavy atom. The quantitative estimate of drug-likeness (QED) is 0.598. The third-order valence-electron chi connectivity index (χ3n) is 7.03. The summed E-state index contributed by atoms with van der Waals surface area (Å²) in [6, 6.07) is 17.1. The zero-order valence-electron chi connectivity index (χ0n) is 18.1. The average Bonchev–Trinajstić information content (AvgIpc) is 3.25. The number of carbonyl (C=O) groups is 1. The maximum atomic E-state index is 13.6. The topological polar surface area (TPSA) is 82.8 Å². The highest BCUT2D eigenvalue weighted by Gasteiger charge is 2.44. The molecule has 6 nitrogen and oxygen atoms in total. The third-order valence-corrected chi connectivity index (χ3v) is 7.26. The van der Waals surface area contributed by atoms with Crippen molar-refractivity contribution in [1.29, 1.82) is 0 Å². The highest BCUT2D eigenvalue weighted by Crippen LogP contribution is 2.39. The molecule has 0 unspecified atom stereocenters. The van der Waals surface area contributed by atoms with Crippen molar-refractivity contribution >= 4 is 17.7 Å². The summed E-state index contributed by atoms with van der Waals surface area (Å²) in [7, 11) is 0. The molecule has 0 spiro atoms. The SMILES string of the molecule is O=C(O)N1CCC[C@]1(CO)Cc1cc(-c2ccccc2)c(=O)n2c1-c1cc(Cl)ccc1CC2. The highest BCUT2D eigenvalue weighted by atomic mass is 35.5. The molecule has 0 aliphatic carbocycles. The Morgan fingerprint density at radius 3 is 2.58 bits per heavy atom. The molecule has 7 heteroatoms. The summed E-state index contributed by atoms with van der Waals surface area (Å²) >= 11 is 6.34. The standard InChI is InChI=1S/C26H25ClN2O4/c27-20-8-7-18-9-12-28-23(21(18)14-20)19(13-22(24(28)31)17-5-2-1-3-6-17)15-26(16-30)10-4-11-29(26)25(32)33/h1-3,5-8,13-14,30H,4,9-12,15-16H2,(H,32,33)/t26-/m1/s1. The molecule has 2 aliphatic heterocycles. The van der Waals surface area contributed by atoms with Gasteiger partial charge in [0.1, 0.15) is 0 Å². The lowest BCUT2D eigenvalue weighted by molar-refractivity contribution is 0.0599. The lowest BCUT2D eigenvalue weighted by Crippen LogP contribution is -2.51. The molecule has 1 fully saturated rings. The summed E-state index contributed by atoms with van der Waals surface area (Å²) in [5.41, 5.74) is 4.01. The number of pyridine rings is 1. The lowest BCUT2D eigenvalue weighted by Gasteiger charge is -2.37. The van der Waals surface area contributed by atoms with E-state index in [1.54, 1.807) is 4.57 Å². The molecular formula is C26H25ClN2O4. The van der Waals surface area contributed by atoms with Crippen LogP contribution in [0.15, 0.2) is 59.4 Å². The van der Waals surface area contributed by atoms with E-state index in [9.17, 15) is 19.8 Å². The average molecular weight is 465 g/mol. The van der Waals surface area contributed by atoms with Gasteiger partial charge in [0.15, 0.2) is 0 Å². The van der Waals surface area contributed by atoms with E-state index in [0.717, 1.165) is 27.9 Å². The Kier molecular flexibility index (Phi) is 5.51. The van der Waals surface area contributed by atoms with E-state index in [0.29, 0.717) is 49.4 Å². The van der Waals surface area contributed by atoms with Gasteiger partial charge in [0.05, 0.1) is 17.8 Å². The largest absolute Gasteiger partial charge is 0.465 e. The number of carboxylic acid groups (broad SMARTS) is 1. The third kappa shape index (κ3) is 3.63. The van der Waals surface area contributed by atoms with Crippen LogP contribution in [-0.2, 0) is 19.4 Å². The number of benzene rings is 2. The van der Waals surface area contributed by atoms with Gasteiger partial charge in [-0.25, -0.2) is 4.79 Å². The Morgan fingerprint density at radius 1 is 1.06 bits per heavy atom. The van der Waals surface area contributed by atoms with Crippen LogP contribution in [0.25, 0.3) is 22.4 Å². The van der Waals surface area contributed by atoms with E-state index in [4.69, 9.17) is 11.6 Å². The number of aliphatic hydroxyl groups is 1. The fourth-order valence-corrected chi connectivity index (χ4v) is 5.60. The first-order valence-corrected chi connectivity index (χ1v) is 11.5. The van der Waals surface area contributed by atoms with Crippen molar-refractivity contribution in [3.63, 3.8) is 0 Å². The van der Waals surface area contributed by atoms with Crippen LogP contribution >= 0.6 is 11.6 Å². The molecule has 0 radical (unpaired) electrons. The number of hydrogen-bond acceptors (Lipinski definition) is 3. The Hall–Kier alpha value is -3.09. The van der Waals surface area contributed by atoms with Gasteiger partial charge in [-0.3, -0.25) is 4.79 Å². The molecule has 2 N–H and O–H groups in total. The van der Waals surface area contributed by atoms with Crippen molar-refractivity contribution in [2.75, 3.05) is 13.2 Å². The van der Waals surface area contributed by atoms with Crippen molar-refractivity contribution in [3.8, 4) is 22.4 Å². The second kappa shape index (κ2) is 8.36. The van der Waals surface area contributed by atoms with Gasteiger partial charge < -0.3 is 19.7 Å². The second-order valence-corrected chi connectivity index (χ2v) is 9.34. The van der Waals surface area contributed by atoms with Crippen LogP contribution in [-0.4, -0.2) is 44.5 Å². The fraction of sp³-hybridized carbons (Fsp3) is 0.308. The summed E-state index contributed by atoms with van der Waals surface area (Å²) in [6.45, 7) is 0.644. The van der Waals surface area contributed by atoms with Crippen molar-refractivity contribution in [2.45, 2.75) is 37.8 Å². The number of aromatic nitrogens is 1. The number of rotatable bonds is 4. The number of aliphatic hydroxyl groups excluding tert-OH is 1. The first-order valence-electron chi connectivity index (χ1n) is 11.2. The van der Waals surface area contributed by atoms with Gasteiger partial charge in [-0.05, 0) is 54.2 Å². The second-order valence-electron chi connectivity index (χ2n) is 8.90. The molecule has 1 saturated heterocycles.